The third kappa shape index (κ3) is 7.27. The highest BCUT2D eigenvalue weighted by Crippen LogP contribution is 2.21. The van der Waals surface area contributed by atoms with Gasteiger partial charge in [-0.3, -0.25) is 9.59 Å². The number of anilines is 1. The lowest BCUT2D eigenvalue weighted by molar-refractivity contribution is -0.133. The van der Waals surface area contributed by atoms with Crippen molar-refractivity contribution in [1.29, 1.82) is 0 Å². The molecular formula is C21H25ClN2O2S. The van der Waals surface area contributed by atoms with E-state index < -0.39 is 0 Å². The molecule has 0 fully saturated rings. The quantitative estimate of drug-likeness (QED) is 0.479. The van der Waals surface area contributed by atoms with Crippen molar-refractivity contribution < 1.29 is 9.59 Å². The van der Waals surface area contributed by atoms with E-state index in [0.29, 0.717) is 6.42 Å². The summed E-state index contributed by atoms with van der Waals surface area (Å²) in [4.78, 5) is 27.1. The number of rotatable bonds is 9. The molecule has 0 saturated carbocycles. The van der Waals surface area contributed by atoms with Crippen molar-refractivity contribution in [3.8, 4) is 0 Å². The van der Waals surface area contributed by atoms with Gasteiger partial charge in [-0.1, -0.05) is 36.7 Å². The van der Waals surface area contributed by atoms with Gasteiger partial charge in [0.1, 0.15) is 0 Å². The minimum atomic E-state index is -0.178. The second kappa shape index (κ2) is 11.0. The van der Waals surface area contributed by atoms with Gasteiger partial charge in [0.15, 0.2) is 0 Å². The monoisotopic (exact) mass is 404 g/mol. The Morgan fingerprint density at radius 1 is 1.11 bits per heavy atom. The third-order valence-electron chi connectivity index (χ3n) is 4.10. The minimum Gasteiger partial charge on any atom is -0.336 e. The van der Waals surface area contributed by atoms with Gasteiger partial charge in [-0.2, -0.15) is 0 Å². The lowest BCUT2D eigenvalue weighted by atomic mass is 10.1. The van der Waals surface area contributed by atoms with Gasteiger partial charge >= 0.3 is 0 Å². The summed E-state index contributed by atoms with van der Waals surface area (Å²) in [5.74, 6) is 0.644. The van der Waals surface area contributed by atoms with E-state index in [9.17, 15) is 9.59 Å². The summed E-state index contributed by atoms with van der Waals surface area (Å²) in [6, 6.07) is 15.4. The predicted octanol–water partition coefficient (Wildman–Crippen LogP) is 4.87. The summed E-state index contributed by atoms with van der Waals surface area (Å²) < 4.78 is 0. The normalized spacial score (nSPS) is 10.5. The van der Waals surface area contributed by atoms with Gasteiger partial charge in [0, 0.05) is 29.1 Å². The van der Waals surface area contributed by atoms with Crippen LogP contribution in [0.5, 0.6) is 0 Å². The number of halogens is 1. The van der Waals surface area contributed by atoms with Crippen LogP contribution in [0.3, 0.4) is 0 Å². The van der Waals surface area contributed by atoms with E-state index in [2.05, 4.69) is 5.32 Å². The first-order chi connectivity index (χ1) is 13.0. The number of benzene rings is 2. The Morgan fingerprint density at radius 2 is 1.81 bits per heavy atom. The highest BCUT2D eigenvalue weighted by Gasteiger charge is 2.13. The molecule has 0 bridgehead atoms. The van der Waals surface area contributed by atoms with Crippen LogP contribution >= 0.6 is 23.4 Å². The van der Waals surface area contributed by atoms with Gasteiger partial charge in [0.2, 0.25) is 11.8 Å². The Labute approximate surface area is 170 Å². The van der Waals surface area contributed by atoms with Crippen LogP contribution in [0.1, 0.15) is 25.3 Å². The van der Waals surface area contributed by atoms with Crippen molar-refractivity contribution in [2.75, 3.05) is 24.7 Å². The highest BCUT2D eigenvalue weighted by molar-refractivity contribution is 7.99. The first-order valence-corrected chi connectivity index (χ1v) is 10.4. The number of aryl methyl sites for hydroxylation is 1. The molecule has 0 spiro atoms. The molecular weight excluding hydrogens is 380 g/mol. The maximum absolute atomic E-state index is 12.2. The number of nitrogens with one attached hydrogen (secondary N) is 1. The standard InChI is InChI=1S/C21H25ClN2O2S/c1-3-16-7-4-5-8-19(16)23-20(25)15-24(2)21(26)9-6-14-27-18-12-10-17(22)11-13-18/h4-5,7-8,10-13H,3,6,9,14-15H2,1-2H3,(H,23,25). The molecule has 27 heavy (non-hydrogen) atoms. The maximum Gasteiger partial charge on any atom is 0.243 e. The third-order valence-corrected chi connectivity index (χ3v) is 5.45. The minimum absolute atomic E-state index is 0.0226. The Bertz CT molecular complexity index is 765. The van der Waals surface area contributed by atoms with Gasteiger partial charge < -0.3 is 10.2 Å². The maximum atomic E-state index is 12.2. The summed E-state index contributed by atoms with van der Waals surface area (Å²) in [5.41, 5.74) is 1.89. The molecule has 2 rings (SSSR count). The number of carbonyl (C=O) groups is 2. The van der Waals surface area contributed by atoms with Gasteiger partial charge in [-0.25, -0.2) is 0 Å². The Balaban J connectivity index is 1.71. The molecule has 1 N–H and O–H groups in total. The van der Waals surface area contributed by atoms with Crippen molar-refractivity contribution in [3.63, 3.8) is 0 Å². The molecule has 0 aromatic heterocycles. The Kier molecular flexibility index (Phi) is 8.69. The van der Waals surface area contributed by atoms with E-state index in [4.69, 9.17) is 11.6 Å². The number of carbonyl (C=O) groups excluding carboxylic acids is 2. The number of para-hydroxylation sites is 1. The fourth-order valence-electron chi connectivity index (χ4n) is 2.58. The second-order valence-electron chi connectivity index (χ2n) is 6.21. The molecule has 4 nitrogen and oxygen atoms in total. The number of thioether (sulfide) groups is 1. The zero-order valence-electron chi connectivity index (χ0n) is 15.7. The molecule has 0 unspecified atom stereocenters. The summed E-state index contributed by atoms with van der Waals surface area (Å²) in [6.07, 6.45) is 2.03. The first kappa shape index (κ1) is 21.3. The van der Waals surface area contributed by atoms with Crippen LogP contribution in [0.25, 0.3) is 0 Å². The van der Waals surface area contributed by atoms with Crippen molar-refractivity contribution >= 4 is 40.9 Å². The zero-order chi connectivity index (χ0) is 19.6. The molecule has 0 aliphatic heterocycles. The van der Waals surface area contributed by atoms with E-state index in [0.717, 1.165) is 39.8 Å². The van der Waals surface area contributed by atoms with Gasteiger partial charge in [-0.05, 0) is 54.5 Å². The number of hydrogen-bond acceptors (Lipinski definition) is 3. The topological polar surface area (TPSA) is 49.4 Å². The van der Waals surface area contributed by atoms with Crippen molar-refractivity contribution in [3.05, 3.63) is 59.1 Å². The van der Waals surface area contributed by atoms with E-state index in [-0.39, 0.29) is 18.4 Å². The molecule has 0 radical (unpaired) electrons. The molecule has 144 valence electrons. The lowest BCUT2D eigenvalue weighted by Gasteiger charge is -2.17. The van der Waals surface area contributed by atoms with Crippen molar-refractivity contribution in [2.24, 2.45) is 0 Å². The average Bonchev–Trinajstić information content (AvgIpc) is 2.66. The molecule has 2 aromatic carbocycles. The molecule has 0 saturated heterocycles. The number of hydrogen-bond donors (Lipinski definition) is 1. The molecule has 2 aromatic rings. The summed E-state index contributed by atoms with van der Waals surface area (Å²) >= 11 is 7.56. The number of likely N-dealkylation sites (N-methyl/N-ethyl adjacent to an activating group) is 1. The lowest BCUT2D eigenvalue weighted by Crippen LogP contribution is -2.35. The van der Waals surface area contributed by atoms with E-state index in [1.165, 1.54) is 4.90 Å². The summed E-state index contributed by atoms with van der Waals surface area (Å²) in [5, 5.41) is 3.61. The molecule has 0 aliphatic carbocycles. The van der Waals surface area contributed by atoms with Crippen LogP contribution in [0.15, 0.2) is 53.4 Å². The van der Waals surface area contributed by atoms with E-state index in [1.54, 1.807) is 18.8 Å². The SMILES string of the molecule is CCc1ccccc1NC(=O)CN(C)C(=O)CCCSc1ccc(Cl)cc1. The average molecular weight is 405 g/mol. The Morgan fingerprint density at radius 3 is 2.52 bits per heavy atom. The van der Waals surface area contributed by atoms with Gasteiger partial charge in [-0.15, -0.1) is 11.8 Å². The van der Waals surface area contributed by atoms with Crippen LogP contribution in [-0.4, -0.2) is 36.1 Å². The zero-order valence-corrected chi connectivity index (χ0v) is 17.3. The highest BCUT2D eigenvalue weighted by atomic mass is 35.5. The summed E-state index contributed by atoms with van der Waals surface area (Å²) in [6.45, 7) is 2.10. The van der Waals surface area contributed by atoms with Crippen LogP contribution in [-0.2, 0) is 16.0 Å². The Hall–Kier alpha value is -1.98. The van der Waals surface area contributed by atoms with E-state index >= 15 is 0 Å². The number of amides is 2. The van der Waals surface area contributed by atoms with Gasteiger partial charge in [0.25, 0.3) is 0 Å². The van der Waals surface area contributed by atoms with Gasteiger partial charge in [0.05, 0.1) is 6.54 Å². The van der Waals surface area contributed by atoms with Crippen LogP contribution in [0.2, 0.25) is 5.02 Å². The predicted molar refractivity (Wildman–Crippen MR) is 113 cm³/mol. The molecule has 6 heteroatoms. The fourth-order valence-corrected chi connectivity index (χ4v) is 3.56. The smallest absolute Gasteiger partial charge is 0.243 e. The van der Waals surface area contributed by atoms with E-state index in [1.807, 2.05) is 55.5 Å². The fraction of sp³-hybridized carbons (Fsp3) is 0.333. The van der Waals surface area contributed by atoms with Crippen molar-refractivity contribution in [1.82, 2.24) is 4.90 Å². The molecule has 0 atom stereocenters. The van der Waals surface area contributed by atoms with Crippen molar-refractivity contribution in [2.45, 2.75) is 31.1 Å². The molecule has 2 amide bonds. The molecule has 0 heterocycles. The first-order valence-electron chi connectivity index (χ1n) is 8.99. The summed E-state index contributed by atoms with van der Waals surface area (Å²) in [7, 11) is 1.67. The largest absolute Gasteiger partial charge is 0.336 e. The van der Waals surface area contributed by atoms with Crippen LogP contribution in [0.4, 0.5) is 5.69 Å². The van der Waals surface area contributed by atoms with Crippen LogP contribution < -0.4 is 5.32 Å². The van der Waals surface area contributed by atoms with Crippen LogP contribution in [0, 0.1) is 0 Å². The molecule has 0 aliphatic rings. The second-order valence-corrected chi connectivity index (χ2v) is 7.82. The number of nitrogens with zero attached hydrogens (tertiary/aromatic N) is 1.